The van der Waals surface area contributed by atoms with Gasteiger partial charge in [-0.15, -0.1) is 0 Å². The maximum Gasteiger partial charge on any atom is 0.239 e. The highest BCUT2D eigenvalue weighted by Crippen LogP contribution is 2.14. The second kappa shape index (κ2) is 4.75. The van der Waals surface area contributed by atoms with Gasteiger partial charge in [0.2, 0.25) is 5.91 Å². The van der Waals surface area contributed by atoms with Crippen molar-refractivity contribution in [3.8, 4) is 0 Å². The molecule has 0 unspecified atom stereocenters. The molecule has 82 valence electrons. The van der Waals surface area contributed by atoms with Crippen LogP contribution in [0.15, 0.2) is 0 Å². The van der Waals surface area contributed by atoms with Crippen molar-refractivity contribution in [2.75, 3.05) is 13.2 Å². The topological polar surface area (TPSA) is 55.6 Å². The summed E-state index contributed by atoms with van der Waals surface area (Å²) in [5.74, 6) is 0.0511. The minimum Gasteiger partial charge on any atom is -0.375 e. The minimum atomic E-state index is -0.359. The zero-order valence-corrected chi connectivity index (χ0v) is 9.19. The molecule has 0 saturated carbocycles. The van der Waals surface area contributed by atoms with E-state index in [1.165, 1.54) is 0 Å². The van der Waals surface area contributed by atoms with Crippen LogP contribution in [-0.4, -0.2) is 42.1 Å². The van der Waals surface area contributed by atoms with E-state index in [9.17, 15) is 4.79 Å². The minimum absolute atomic E-state index is 0.0511. The number of carbonyl (C=O) groups excluding carboxylic acids is 1. The number of ether oxygens (including phenoxy) is 1. The van der Waals surface area contributed by atoms with E-state index >= 15 is 0 Å². The van der Waals surface area contributed by atoms with Crippen LogP contribution < -0.4 is 5.73 Å². The second-order valence-electron chi connectivity index (χ2n) is 3.86. The maximum absolute atomic E-state index is 11.8. The van der Waals surface area contributed by atoms with E-state index in [4.69, 9.17) is 10.5 Å². The Kier molecular flexibility index (Phi) is 3.89. The molecular formula is C10H20N2O2. The molecule has 1 heterocycles. The van der Waals surface area contributed by atoms with Crippen LogP contribution in [0.1, 0.15) is 27.2 Å². The fourth-order valence-corrected chi connectivity index (χ4v) is 1.63. The molecule has 1 fully saturated rings. The van der Waals surface area contributed by atoms with Crippen LogP contribution in [0.3, 0.4) is 0 Å². The monoisotopic (exact) mass is 200 g/mol. The van der Waals surface area contributed by atoms with Crippen molar-refractivity contribution >= 4 is 5.91 Å². The summed E-state index contributed by atoms with van der Waals surface area (Å²) in [5, 5.41) is 0. The summed E-state index contributed by atoms with van der Waals surface area (Å²) in [4.78, 5) is 13.7. The molecule has 0 spiro atoms. The third-order valence-electron chi connectivity index (χ3n) is 2.92. The van der Waals surface area contributed by atoms with Crippen LogP contribution in [0, 0.1) is 0 Å². The number of morpholine rings is 1. The fourth-order valence-electron chi connectivity index (χ4n) is 1.63. The Bertz CT molecular complexity index is 208. The average Bonchev–Trinajstić information content (AvgIpc) is 2.20. The molecule has 1 amide bonds. The lowest BCUT2D eigenvalue weighted by Gasteiger charge is -2.38. The van der Waals surface area contributed by atoms with Gasteiger partial charge in [0, 0.05) is 6.54 Å². The third kappa shape index (κ3) is 2.25. The molecule has 1 aliphatic rings. The van der Waals surface area contributed by atoms with Gasteiger partial charge in [0.25, 0.3) is 0 Å². The largest absolute Gasteiger partial charge is 0.375 e. The molecule has 3 atom stereocenters. The first-order valence-electron chi connectivity index (χ1n) is 5.25. The Labute approximate surface area is 85.4 Å². The number of amides is 1. The second-order valence-corrected chi connectivity index (χ2v) is 3.86. The van der Waals surface area contributed by atoms with Crippen LogP contribution in [0.2, 0.25) is 0 Å². The molecule has 4 heteroatoms. The molecule has 0 bridgehead atoms. The van der Waals surface area contributed by atoms with Gasteiger partial charge in [-0.3, -0.25) is 4.79 Å². The number of hydrogen-bond acceptors (Lipinski definition) is 3. The summed E-state index contributed by atoms with van der Waals surface area (Å²) >= 11 is 0. The lowest BCUT2D eigenvalue weighted by atomic mass is 10.1. The predicted molar refractivity (Wildman–Crippen MR) is 54.9 cm³/mol. The van der Waals surface area contributed by atoms with E-state index in [0.717, 1.165) is 0 Å². The Hall–Kier alpha value is -0.610. The van der Waals surface area contributed by atoms with E-state index in [1.54, 1.807) is 0 Å². The molecule has 0 aromatic heterocycles. The summed E-state index contributed by atoms with van der Waals surface area (Å²) in [5.41, 5.74) is 5.72. The summed E-state index contributed by atoms with van der Waals surface area (Å²) in [7, 11) is 0. The van der Waals surface area contributed by atoms with Gasteiger partial charge in [-0.25, -0.2) is 0 Å². The van der Waals surface area contributed by atoms with Crippen molar-refractivity contribution in [1.82, 2.24) is 4.90 Å². The predicted octanol–water partition coefficient (Wildman–Crippen LogP) is 0.360. The van der Waals surface area contributed by atoms with Crippen LogP contribution in [0.4, 0.5) is 0 Å². The van der Waals surface area contributed by atoms with Crippen molar-refractivity contribution < 1.29 is 9.53 Å². The molecule has 14 heavy (non-hydrogen) atoms. The first-order chi connectivity index (χ1) is 6.57. The fraction of sp³-hybridized carbons (Fsp3) is 0.900. The van der Waals surface area contributed by atoms with Gasteiger partial charge in [0.1, 0.15) is 0 Å². The average molecular weight is 200 g/mol. The number of nitrogens with zero attached hydrogens (tertiary/aromatic N) is 1. The van der Waals surface area contributed by atoms with Gasteiger partial charge >= 0.3 is 0 Å². The smallest absolute Gasteiger partial charge is 0.239 e. The molecule has 0 aliphatic carbocycles. The lowest BCUT2D eigenvalue weighted by Crippen LogP contribution is -2.55. The van der Waals surface area contributed by atoms with Gasteiger partial charge in [-0.05, 0) is 20.3 Å². The maximum atomic E-state index is 11.8. The number of hydrogen-bond donors (Lipinski definition) is 1. The van der Waals surface area contributed by atoms with Crippen LogP contribution in [0.5, 0.6) is 0 Å². The first-order valence-corrected chi connectivity index (χ1v) is 5.25. The van der Waals surface area contributed by atoms with Crippen LogP contribution in [-0.2, 0) is 9.53 Å². The normalized spacial score (nSPS) is 30.1. The molecule has 0 aromatic rings. The van der Waals surface area contributed by atoms with Gasteiger partial charge < -0.3 is 15.4 Å². The molecule has 1 saturated heterocycles. The quantitative estimate of drug-likeness (QED) is 0.700. The summed E-state index contributed by atoms with van der Waals surface area (Å²) in [6.07, 6.45) is 0.800. The van der Waals surface area contributed by atoms with Gasteiger partial charge in [-0.1, -0.05) is 6.92 Å². The lowest BCUT2D eigenvalue weighted by molar-refractivity contribution is -0.145. The molecular weight excluding hydrogens is 180 g/mol. The number of nitrogens with two attached hydrogens (primary N) is 1. The number of rotatable bonds is 2. The molecule has 4 nitrogen and oxygen atoms in total. The van der Waals surface area contributed by atoms with E-state index in [-0.39, 0.29) is 24.1 Å². The highest BCUT2D eigenvalue weighted by Gasteiger charge is 2.30. The van der Waals surface area contributed by atoms with Crippen molar-refractivity contribution in [1.29, 1.82) is 0 Å². The van der Waals surface area contributed by atoms with Crippen molar-refractivity contribution in [2.45, 2.75) is 45.4 Å². The summed E-state index contributed by atoms with van der Waals surface area (Å²) in [6, 6.07) is -0.225. The van der Waals surface area contributed by atoms with E-state index in [2.05, 4.69) is 0 Å². The van der Waals surface area contributed by atoms with Crippen molar-refractivity contribution in [2.24, 2.45) is 5.73 Å². The highest BCUT2D eigenvalue weighted by molar-refractivity contribution is 5.82. The Morgan fingerprint density at radius 2 is 2.29 bits per heavy atom. The third-order valence-corrected chi connectivity index (χ3v) is 2.92. The molecule has 0 radical (unpaired) electrons. The van der Waals surface area contributed by atoms with Crippen molar-refractivity contribution in [3.05, 3.63) is 0 Å². The molecule has 1 aliphatic heterocycles. The summed E-state index contributed by atoms with van der Waals surface area (Å²) < 4.78 is 5.45. The Morgan fingerprint density at radius 3 is 2.86 bits per heavy atom. The van der Waals surface area contributed by atoms with Gasteiger partial charge in [0.05, 0.1) is 24.8 Å². The Morgan fingerprint density at radius 1 is 1.64 bits per heavy atom. The van der Waals surface area contributed by atoms with E-state index in [0.29, 0.717) is 19.6 Å². The van der Waals surface area contributed by atoms with Crippen LogP contribution >= 0.6 is 0 Å². The zero-order valence-electron chi connectivity index (χ0n) is 9.19. The molecule has 1 rings (SSSR count). The van der Waals surface area contributed by atoms with Crippen molar-refractivity contribution in [3.63, 3.8) is 0 Å². The van der Waals surface area contributed by atoms with Gasteiger partial charge in [0.15, 0.2) is 0 Å². The SMILES string of the molecule is CC[C@H](N)C(=O)N1CCO[C@@H](C)[C@H]1C. The molecule has 0 aromatic carbocycles. The first kappa shape index (κ1) is 11.5. The number of carbonyl (C=O) groups is 1. The van der Waals surface area contributed by atoms with E-state index in [1.807, 2.05) is 25.7 Å². The Balaban J connectivity index is 2.62. The van der Waals surface area contributed by atoms with Crippen LogP contribution in [0.25, 0.3) is 0 Å². The zero-order chi connectivity index (χ0) is 10.7. The van der Waals surface area contributed by atoms with Gasteiger partial charge in [-0.2, -0.15) is 0 Å². The summed E-state index contributed by atoms with van der Waals surface area (Å²) in [6.45, 7) is 7.20. The highest BCUT2D eigenvalue weighted by atomic mass is 16.5. The molecule has 2 N–H and O–H groups in total. The standard InChI is InChI=1S/C10H20N2O2/c1-4-9(11)10(13)12-5-6-14-8(3)7(12)2/h7-9H,4-6,11H2,1-3H3/t7-,8+,9+/m1/s1. The van der Waals surface area contributed by atoms with E-state index < -0.39 is 0 Å².